The highest BCUT2D eigenvalue weighted by Gasteiger charge is 2.37. The number of likely N-dealkylation sites (tertiary alicyclic amines) is 1. The molecule has 2 heterocycles. The van der Waals surface area contributed by atoms with Gasteiger partial charge in [0.05, 0.1) is 11.7 Å². The maximum absolute atomic E-state index is 13.3. The fourth-order valence-corrected chi connectivity index (χ4v) is 3.86. The van der Waals surface area contributed by atoms with Crippen molar-refractivity contribution >= 4 is 5.91 Å². The van der Waals surface area contributed by atoms with E-state index in [1.807, 2.05) is 60.8 Å². The SMILES string of the molecule is CCO[C@@H](C(=O)N1CCC[C@H]1c1c(C)nn(C)c1C)c1ccccc1. The Hall–Kier alpha value is -2.14. The van der Waals surface area contributed by atoms with Gasteiger partial charge in [-0.15, -0.1) is 0 Å². The van der Waals surface area contributed by atoms with Gasteiger partial charge in [0.15, 0.2) is 6.10 Å². The summed E-state index contributed by atoms with van der Waals surface area (Å²) in [6.45, 7) is 7.32. The molecule has 0 N–H and O–H groups in total. The van der Waals surface area contributed by atoms with Crippen LogP contribution in [-0.2, 0) is 16.6 Å². The van der Waals surface area contributed by atoms with Crippen LogP contribution in [0.3, 0.4) is 0 Å². The lowest BCUT2D eigenvalue weighted by atomic mass is 10.0. The topological polar surface area (TPSA) is 47.4 Å². The Balaban J connectivity index is 1.91. The minimum Gasteiger partial charge on any atom is -0.364 e. The Morgan fingerprint density at radius 3 is 2.64 bits per heavy atom. The Kier molecular flexibility index (Phi) is 5.23. The van der Waals surface area contributed by atoms with Crippen LogP contribution in [0, 0.1) is 13.8 Å². The molecule has 1 amide bonds. The van der Waals surface area contributed by atoms with Gasteiger partial charge in [-0.25, -0.2) is 0 Å². The van der Waals surface area contributed by atoms with Crippen molar-refractivity contribution in [1.29, 1.82) is 0 Å². The zero-order chi connectivity index (χ0) is 18.0. The zero-order valence-electron chi connectivity index (χ0n) is 15.5. The van der Waals surface area contributed by atoms with Gasteiger partial charge in [-0.3, -0.25) is 9.48 Å². The fourth-order valence-electron chi connectivity index (χ4n) is 3.86. The number of carbonyl (C=O) groups excluding carboxylic acids is 1. The van der Waals surface area contributed by atoms with E-state index >= 15 is 0 Å². The van der Waals surface area contributed by atoms with E-state index in [9.17, 15) is 4.79 Å². The standard InChI is InChI=1S/C20H27N3O2/c1-5-25-19(16-10-7-6-8-11-16)20(24)23-13-9-12-17(23)18-14(2)21-22(4)15(18)3/h6-8,10-11,17,19H,5,9,12-13H2,1-4H3/t17-,19+/m0/s1. The van der Waals surface area contributed by atoms with Crippen LogP contribution in [0.4, 0.5) is 0 Å². The van der Waals surface area contributed by atoms with Gasteiger partial charge in [-0.05, 0) is 39.2 Å². The number of aromatic nitrogens is 2. The van der Waals surface area contributed by atoms with E-state index in [1.54, 1.807) is 0 Å². The second-order valence-electron chi connectivity index (χ2n) is 6.64. The average Bonchev–Trinajstić information content (AvgIpc) is 3.17. The van der Waals surface area contributed by atoms with Crippen molar-refractivity contribution in [2.24, 2.45) is 7.05 Å². The first-order chi connectivity index (χ1) is 12.0. The lowest BCUT2D eigenvalue weighted by Gasteiger charge is -2.29. The van der Waals surface area contributed by atoms with Gasteiger partial charge in [0, 0.05) is 31.5 Å². The fraction of sp³-hybridized carbons (Fsp3) is 0.500. The lowest BCUT2D eigenvalue weighted by Crippen LogP contribution is -2.36. The van der Waals surface area contributed by atoms with Gasteiger partial charge in [-0.1, -0.05) is 30.3 Å². The molecule has 1 aromatic heterocycles. The first kappa shape index (κ1) is 17.7. The van der Waals surface area contributed by atoms with E-state index in [0.29, 0.717) is 6.61 Å². The first-order valence-electron chi connectivity index (χ1n) is 9.01. The third-order valence-electron chi connectivity index (χ3n) is 5.09. The van der Waals surface area contributed by atoms with Gasteiger partial charge in [0.1, 0.15) is 0 Å². The van der Waals surface area contributed by atoms with Crippen molar-refractivity contribution in [2.45, 2.75) is 45.8 Å². The molecule has 1 aliphatic heterocycles. The van der Waals surface area contributed by atoms with Gasteiger partial charge >= 0.3 is 0 Å². The number of carbonyl (C=O) groups is 1. The summed E-state index contributed by atoms with van der Waals surface area (Å²) in [4.78, 5) is 15.3. The molecule has 25 heavy (non-hydrogen) atoms. The third kappa shape index (κ3) is 3.33. The zero-order valence-corrected chi connectivity index (χ0v) is 15.5. The van der Waals surface area contributed by atoms with Crippen LogP contribution < -0.4 is 0 Å². The van der Waals surface area contributed by atoms with Crippen LogP contribution in [0.2, 0.25) is 0 Å². The van der Waals surface area contributed by atoms with E-state index in [-0.39, 0.29) is 11.9 Å². The molecular formula is C20H27N3O2. The van der Waals surface area contributed by atoms with Gasteiger partial charge in [0.2, 0.25) is 0 Å². The summed E-state index contributed by atoms with van der Waals surface area (Å²) >= 11 is 0. The molecule has 1 aliphatic rings. The number of nitrogens with zero attached hydrogens (tertiary/aromatic N) is 3. The molecule has 1 fully saturated rings. The smallest absolute Gasteiger partial charge is 0.256 e. The number of benzene rings is 1. The van der Waals surface area contributed by atoms with Crippen LogP contribution in [0.25, 0.3) is 0 Å². The van der Waals surface area contributed by atoms with E-state index in [0.717, 1.165) is 36.3 Å². The van der Waals surface area contributed by atoms with Crippen molar-refractivity contribution in [3.63, 3.8) is 0 Å². The van der Waals surface area contributed by atoms with Crippen LogP contribution in [0.1, 0.15) is 54.4 Å². The molecule has 0 saturated carbocycles. The molecule has 5 nitrogen and oxygen atoms in total. The number of aryl methyl sites for hydroxylation is 2. The molecule has 1 aromatic carbocycles. The largest absolute Gasteiger partial charge is 0.364 e. The summed E-state index contributed by atoms with van der Waals surface area (Å²) in [6.07, 6.45) is 1.45. The quantitative estimate of drug-likeness (QED) is 0.836. The highest BCUT2D eigenvalue weighted by Crippen LogP contribution is 2.37. The lowest BCUT2D eigenvalue weighted by molar-refractivity contribution is -0.145. The summed E-state index contributed by atoms with van der Waals surface area (Å²) in [5.41, 5.74) is 4.25. The van der Waals surface area contributed by atoms with Gasteiger partial charge < -0.3 is 9.64 Å². The van der Waals surface area contributed by atoms with E-state index in [2.05, 4.69) is 12.0 Å². The Bertz CT molecular complexity index is 739. The number of ether oxygens (including phenoxy) is 1. The summed E-state index contributed by atoms with van der Waals surface area (Å²) in [5, 5.41) is 4.54. The summed E-state index contributed by atoms with van der Waals surface area (Å²) in [6, 6.07) is 9.87. The van der Waals surface area contributed by atoms with Crippen LogP contribution in [0.5, 0.6) is 0 Å². The van der Waals surface area contributed by atoms with Crippen molar-refractivity contribution in [1.82, 2.24) is 14.7 Å². The minimum atomic E-state index is -0.538. The van der Waals surface area contributed by atoms with E-state index < -0.39 is 6.10 Å². The molecule has 0 spiro atoms. The number of amides is 1. The predicted molar refractivity (Wildman–Crippen MR) is 97.2 cm³/mol. The van der Waals surface area contributed by atoms with Crippen molar-refractivity contribution < 1.29 is 9.53 Å². The molecule has 0 unspecified atom stereocenters. The average molecular weight is 341 g/mol. The van der Waals surface area contributed by atoms with Crippen molar-refractivity contribution in [3.8, 4) is 0 Å². The van der Waals surface area contributed by atoms with Crippen molar-refractivity contribution in [3.05, 3.63) is 52.8 Å². The van der Waals surface area contributed by atoms with Crippen LogP contribution in [0.15, 0.2) is 30.3 Å². The minimum absolute atomic E-state index is 0.0539. The Morgan fingerprint density at radius 2 is 2.04 bits per heavy atom. The van der Waals surface area contributed by atoms with Crippen LogP contribution >= 0.6 is 0 Å². The van der Waals surface area contributed by atoms with Crippen molar-refractivity contribution in [2.75, 3.05) is 13.2 Å². The molecular weight excluding hydrogens is 314 g/mol. The first-order valence-corrected chi connectivity index (χ1v) is 9.01. The molecule has 2 aromatic rings. The molecule has 3 rings (SSSR count). The summed E-state index contributed by atoms with van der Waals surface area (Å²) in [5.74, 6) is 0.0539. The molecule has 2 atom stereocenters. The molecule has 0 aliphatic carbocycles. The number of hydrogen-bond acceptors (Lipinski definition) is 3. The monoisotopic (exact) mass is 341 g/mol. The van der Waals surface area contributed by atoms with Gasteiger partial charge in [-0.2, -0.15) is 5.10 Å². The normalized spacial score (nSPS) is 18.6. The number of rotatable bonds is 5. The third-order valence-corrected chi connectivity index (χ3v) is 5.09. The van der Waals surface area contributed by atoms with E-state index in [1.165, 1.54) is 5.56 Å². The molecule has 5 heteroatoms. The van der Waals surface area contributed by atoms with Crippen LogP contribution in [-0.4, -0.2) is 33.7 Å². The second kappa shape index (κ2) is 7.40. The Morgan fingerprint density at radius 1 is 1.32 bits per heavy atom. The van der Waals surface area contributed by atoms with E-state index in [4.69, 9.17) is 4.74 Å². The van der Waals surface area contributed by atoms with Gasteiger partial charge in [0.25, 0.3) is 5.91 Å². The summed E-state index contributed by atoms with van der Waals surface area (Å²) in [7, 11) is 1.96. The number of hydrogen-bond donors (Lipinski definition) is 0. The highest BCUT2D eigenvalue weighted by molar-refractivity contribution is 5.83. The predicted octanol–water partition coefficient (Wildman–Crippen LogP) is 3.48. The highest BCUT2D eigenvalue weighted by atomic mass is 16.5. The Labute approximate surface area is 149 Å². The molecule has 0 radical (unpaired) electrons. The molecule has 134 valence electrons. The maximum atomic E-state index is 13.3. The molecule has 0 bridgehead atoms. The maximum Gasteiger partial charge on any atom is 0.256 e. The summed E-state index contributed by atoms with van der Waals surface area (Å²) < 4.78 is 7.75. The molecule has 1 saturated heterocycles. The second-order valence-corrected chi connectivity index (χ2v) is 6.64.